The van der Waals surface area contributed by atoms with Crippen molar-refractivity contribution in [2.24, 2.45) is 5.73 Å². The van der Waals surface area contributed by atoms with Crippen LogP contribution in [0.1, 0.15) is 50.5 Å². The van der Waals surface area contributed by atoms with Crippen molar-refractivity contribution in [1.29, 1.82) is 0 Å². The third-order valence-electron chi connectivity index (χ3n) is 5.93. The number of carboxylic acids is 1. The molecule has 0 saturated heterocycles. The highest BCUT2D eigenvalue weighted by Gasteiger charge is 2.16. The van der Waals surface area contributed by atoms with Crippen molar-refractivity contribution in [2.45, 2.75) is 44.9 Å². The predicted octanol–water partition coefficient (Wildman–Crippen LogP) is 6.75. The van der Waals surface area contributed by atoms with Crippen LogP contribution in [0.25, 0.3) is 33.5 Å². The first-order valence-corrected chi connectivity index (χ1v) is 11.6. The molecule has 0 spiro atoms. The number of aromatic nitrogens is 2. The smallest absolute Gasteiger partial charge is 0.300 e. The van der Waals surface area contributed by atoms with Gasteiger partial charge >= 0.3 is 0 Å². The second kappa shape index (κ2) is 12.1. The molecule has 0 bridgehead atoms. The van der Waals surface area contributed by atoms with Crippen molar-refractivity contribution in [1.82, 2.24) is 9.97 Å². The van der Waals surface area contributed by atoms with Crippen LogP contribution in [0.4, 0.5) is 4.39 Å². The molecule has 1 saturated carbocycles. The van der Waals surface area contributed by atoms with E-state index in [9.17, 15) is 4.39 Å². The van der Waals surface area contributed by atoms with Gasteiger partial charge in [0.1, 0.15) is 11.6 Å². The summed E-state index contributed by atoms with van der Waals surface area (Å²) in [6.45, 7) is 1.08. The summed E-state index contributed by atoms with van der Waals surface area (Å²) in [4.78, 5) is 16.7. The molecule has 1 aliphatic rings. The van der Waals surface area contributed by atoms with Gasteiger partial charge in [-0.1, -0.05) is 61.7 Å². The molecule has 4 aromatic rings. The number of fused-ring (bicyclic) bond motifs is 1. The van der Waals surface area contributed by atoms with E-state index in [1.165, 1.54) is 44.7 Å². The fraction of sp³-hybridized carbons (Fsp3) is 0.286. The molecule has 5 rings (SSSR count). The Kier molecular flexibility index (Phi) is 8.93. The van der Waals surface area contributed by atoms with Gasteiger partial charge in [0.05, 0.1) is 16.6 Å². The van der Waals surface area contributed by atoms with Gasteiger partial charge < -0.3 is 15.8 Å². The molecule has 178 valence electrons. The fourth-order valence-corrected chi connectivity index (χ4v) is 4.35. The molecular formula is C28H32FN3O2. The van der Waals surface area contributed by atoms with Gasteiger partial charge in [0.15, 0.2) is 0 Å². The molecular weight excluding hydrogens is 429 g/mol. The van der Waals surface area contributed by atoms with Crippen molar-refractivity contribution >= 4 is 17.0 Å². The van der Waals surface area contributed by atoms with Gasteiger partial charge in [0, 0.05) is 6.92 Å². The van der Waals surface area contributed by atoms with E-state index in [1.54, 1.807) is 6.07 Å². The van der Waals surface area contributed by atoms with Crippen LogP contribution in [-0.4, -0.2) is 28.1 Å². The Morgan fingerprint density at radius 2 is 1.59 bits per heavy atom. The maximum absolute atomic E-state index is 14.9. The van der Waals surface area contributed by atoms with E-state index < -0.39 is 5.97 Å². The second-order valence-electron chi connectivity index (χ2n) is 8.27. The summed E-state index contributed by atoms with van der Waals surface area (Å²) in [6.07, 6.45) is 6.62. The van der Waals surface area contributed by atoms with Crippen molar-refractivity contribution in [3.05, 3.63) is 78.1 Å². The molecule has 5 nitrogen and oxygen atoms in total. The minimum Gasteiger partial charge on any atom is -0.481 e. The lowest BCUT2D eigenvalue weighted by molar-refractivity contribution is -0.134. The number of H-pyrrole nitrogens is 1. The van der Waals surface area contributed by atoms with Gasteiger partial charge in [-0.15, -0.1) is 0 Å². The summed E-state index contributed by atoms with van der Waals surface area (Å²) in [5.74, 6) is 0.167. The third-order valence-corrected chi connectivity index (χ3v) is 5.93. The Morgan fingerprint density at radius 1 is 0.971 bits per heavy atom. The first-order valence-electron chi connectivity index (χ1n) is 11.6. The molecule has 3 aromatic carbocycles. The highest BCUT2D eigenvalue weighted by Crippen LogP contribution is 2.34. The van der Waals surface area contributed by atoms with Crippen LogP contribution in [0, 0.1) is 5.82 Å². The molecule has 34 heavy (non-hydrogen) atoms. The molecule has 0 atom stereocenters. The number of halogens is 1. The highest BCUT2D eigenvalue weighted by molar-refractivity contribution is 5.80. The maximum atomic E-state index is 14.9. The molecule has 6 heteroatoms. The van der Waals surface area contributed by atoms with E-state index in [2.05, 4.69) is 40.0 Å². The summed E-state index contributed by atoms with van der Waals surface area (Å²) in [6, 6.07) is 21.8. The molecule has 0 amide bonds. The SMILES string of the molecule is CC(=O)O.CN.Fc1cc(-c2ccc(C3CCCCC3)cc2)ccc1-c1nc2ccccc2[nH]1. The van der Waals surface area contributed by atoms with Crippen LogP contribution in [0.15, 0.2) is 66.7 Å². The summed E-state index contributed by atoms with van der Waals surface area (Å²) >= 11 is 0. The molecule has 1 aliphatic carbocycles. The highest BCUT2D eigenvalue weighted by atomic mass is 19.1. The Balaban J connectivity index is 0.000000492. The van der Waals surface area contributed by atoms with E-state index in [-0.39, 0.29) is 5.82 Å². The monoisotopic (exact) mass is 461 g/mol. The second-order valence-corrected chi connectivity index (χ2v) is 8.27. The summed E-state index contributed by atoms with van der Waals surface area (Å²) in [5.41, 5.74) is 10.1. The number of carbonyl (C=O) groups is 1. The number of hydrogen-bond donors (Lipinski definition) is 3. The number of benzene rings is 3. The van der Waals surface area contributed by atoms with Gasteiger partial charge in [-0.25, -0.2) is 9.37 Å². The quantitative estimate of drug-likeness (QED) is 0.315. The number of para-hydroxylation sites is 2. The maximum Gasteiger partial charge on any atom is 0.300 e. The number of carboxylic acid groups (broad SMARTS) is 1. The average molecular weight is 462 g/mol. The Labute approximate surface area is 199 Å². The zero-order valence-corrected chi connectivity index (χ0v) is 19.7. The molecule has 1 fully saturated rings. The number of rotatable bonds is 3. The van der Waals surface area contributed by atoms with Crippen molar-refractivity contribution in [3.63, 3.8) is 0 Å². The Bertz CT molecular complexity index is 1180. The molecule has 0 aliphatic heterocycles. The van der Waals surface area contributed by atoms with Crippen LogP contribution in [0.3, 0.4) is 0 Å². The van der Waals surface area contributed by atoms with E-state index in [0.29, 0.717) is 17.3 Å². The Morgan fingerprint density at radius 3 is 2.21 bits per heavy atom. The largest absolute Gasteiger partial charge is 0.481 e. The van der Waals surface area contributed by atoms with E-state index in [0.717, 1.165) is 29.1 Å². The zero-order valence-electron chi connectivity index (χ0n) is 19.7. The predicted molar refractivity (Wildman–Crippen MR) is 136 cm³/mol. The third kappa shape index (κ3) is 6.29. The van der Waals surface area contributed by atoms with Crippen molar-refractivity contribution in [2.75, 3.05) is 7.05 Å². The van der Waals surface area contributed by atoms with Gasteiger partial charge in [-0.05, 0) is 66.8 Å². The minimum absolute atomic E-state index is 0.257. The lowest BCUT2D eigenvalue weighted by atomic mass is 9.83. The first-order chi connectivity index (χ1) is 16.5. The number of aromatic amines is 1. The fourth-order valence-electron chi connectivity index (χ4n) is 4.35. The summed E-state index contributed by atoms with van der Waals surface area (Å²) < 4.78 is 14.9. The van der Waals surface area contributed by atoms with Crippen molar-refractivity contribution < 1.29 is 14.3 Å². The van der Waals surface area contributed by atoms with Crippen LogP contribution in [0.5, 0.6) is 0 Å². The molecule has 4 N–H and O–H groups in total. The lowest BCUT2D eigenvalue weighted by Gasteiger charge is -2.22. The van der Waals surface area contributed by atoms with Crippen molar-refractivity contribution in [3.8, 4) is 22.5 Å². The molecule has 0 radical (unpaired) electrons. The lowest BCUT2D eigenvalue weighted by Crippen LogP contribution is -2.04. The number of nitrogens with two attached hydrogens (primary N) is 1. The minimum atomic E-state index is -0.833. The first kappa shape index (κ1) is 25.1. The normalized spacial score (nSPS) is 13.4. The zero-order chi connectivity index (χ0) is 24.5. The number of nitrogens with one attached hydrogen (secondary N) is 1. The number of nitrogens with zero attached hydrogens (tertiary/aromatic N) is 1. The van der Waals surface area contributed by atoms with E-state index in [1.807, 2.05) is 36.4 Å². The molecule has 1 aromatic heterocycles. The van der Waals surface area contributed by atoms with E-state index in [4.69, 9.17) is 9.90 Å². The average Bonchev–Trinajstić information content (AvgIpc) is 3.29. The van der Waals surface area contributed by atoms with Gasteiger partial charge in [-0.3, -0.25) is 4.79 Å². The topological polar surface area (TPSA) is 92.0 Å². The molecule has 0 unspecified atom stereocenters. The van der Waals surface area contributed by atoms with Crippen LogP contribution >= 0.6 is 0 Å². The van der Waals surface area contributed by atoms with Gasteiger partial charge in [0.25, 0.3) is 5.97 Å². The molecule has 1 heterocycles. The van der Waals surface area contributed by atoms with Crippen LogP contribution in [-0.2, 0) is 4.79 Å². The number of imidazole rings is 1. The Hall–Kier alpha value is -3.51. The standard InChI is InChI=1S/C25H23FN2.C2H4O2.CH5N/c26-22-16-20(19-12-10-18(11-13-19)17-6-2-1-3-7-17)14-15-21(22)25-27-23-8-4-5-9-24(23)28-25;1-2(3)4;1-2/h4-5,8-17H,1-3,6-7H2,(H,27,28);1H3,(H,3,4);2H2,1H3. The number of aliphatic carboxylic acids is 1. The summed E-state index contributed by atoms with van der Waals surface area (Å²) in [7, 11) is 1.50. The van der Waals surface area contributed by atoms with Gasteiger partial charge in [-0.2, -0.15) is 0 Å². The van der Waals surface area contributed by atoms with Crippen LogP contribution in [0.2, 0.25) is 0 Å². The van der Waals surface area contributed by atoms with Crippen LogP contribution < -0.4 is 5.73 Å². The van der Waals surface area contributed by atoms with E-state index >= 15 is 0 Å². The summed E-state index contributed by atoms with van der Waals surface area (Å²) in [5, 5.41) is 7.42. The number of hydrogen-bond acceptors (Lipinski definition) is 3. The van der Waals surface area contributed by atoms with Gasteiger partial charge in [0.2, 0.25) is 0 Å².